The Hall–Kier alpha value is -0.743. The third-order valence-electron chi connectivity index (χ3n) is 4.05. The van der Waals surface area contributed by atoms with Gasteiger partial charge in [-0.2, -0.15) is 0 Å². The predicted molar refractivity (Wildman–Crippen MR) is 86.4 cm³/mol. The zero-order chi connectivity index (χ0) is 16.1. The number of carbonyl (C=O) groups is 2. The van der Waals surface area contributed by atoms with Gasteiger partial charge in [0.15, 0.2) is 8.32 Å². The van der Waals surface area contributed by atoms with Gasteiger partial charge >= 0.3 is 0 Å². The van der Waals surface area contributed by atoms with E-state index in [1.165, 1.54) is 13.8 Å². The maximum Gasteiger partial charge on any atom is 0.192 e. The van der Waals surface area contributed by atoms with E-state index in [1.54, 1.807) is 0 Å². The molecule has 0 aromatic rings. The maximum absolute atomic E-state index is 11.3. The quantitative estimate of drug-likeness (QED) is 0.403. The van der Waals surface area contributed by atoms with Crippen LogP contribution in [-0.2, 0) is 14.0 Å². The number of ketones is 2. The minimum absolute atomic E-state index is 0.00968. The summed E-state index contributed by atoms with van der Waals surface area (Å²) in [7, 11) is -1.77. The van der Waals surface area contributed by atoms with Gasteiger partial charge < -0.3 is 4.43 Å². The van der Waals surface area contributed by atoms with Crippen LogP contribution in [-0.4, -0.2) is 26.0 Å². The van der Waals surface area contributed by atoms with Crippen molar-refractivity contribution in [3.05, 3.63) is 12.2 Å². The van der Waals surface area contributed by atoms with E-state index in [2.05, 4.69) is 33.9 Å². The smallest absolute Gasteiger partial charge is 0.192 e. The van der Waals surface area contributed by atoms with Gasteiger partial charge in [-0.1, -0.05) is 32.9 Å². The molecule has 0 bridgehead atoms. The lowest BCUT2D eigenvalue weighted by Crippen LogP contribution is -2.42. The predicted octanol–water partition coefficient (Wildman–Crippen LogP) is 4.14. The molecule has 0 unspecified atom stereocenters. The van der Waals surface area contributed by atoms with Gasteiger partial charge in [0, 0.05) is 0 Å². The molecule has 116 valence electrons. The maximum atomic E-state index is 11.3. The molecule has 1 atom stereocenters. The topological polar surface area (TPSA) is 43.4 Å². The zero-order valence-corrected chi connectivity index (χ0v) is 15.2. The van der Waals surface area contributed by atoms with Crippen LogP contribution < -0.4 is 0 Å². The molecule has 0 aliphatic carbocycles. The fraction of sp³-hybridized carbons (Fsp3) is 0.750. The van der Waals surface area contributed by atoms with Crippen LogP contribution in [0.3, 0.4) is 0 Å². The SMILES string of the molecule is CC(=O)C(C/C=C/[C@H](C)O[Si](C)(C)C(C)(C)C)C(C)=O. The molecule has 3 nitrogen and oxygen atoms in total. The molecule has 0 saturated carbocycles. The molecule has 0 aromatic heterocycles. The van der Waals surface area contributed by atoms with E-state index in [0.717, 1.165) is 0 Å². The molecule has 20 heavy (non-hydrogen) atoms. The average Bonchev–Trinajstić information content (AvgIpc) is 2.20. The van der Waals surface area contributed by atoms with Gasteiger partial charge in [-0.3, -0.25) is 9.59 Å². The molecule has 0 saturated heterocycles. The molecule has 4 heteroatoms. The first-order chi connectivity index (χ1) is 8.88. The van der Waals surface area contributed by atoms with Gasteiger partial charge in [0.25, 0.3) is 0 Å². The first-order valence-electron chi connectivity index (χ1n) is 7.24. The first-order valence-corrected chi connectivity index (χ1v) is 10.1. The van der Waals surface area contributed by atoms with Crippen molar-refractivity contribution in [2.24, 2.45) is 5.92 Å². The van der Waals surface area contributed by atoms with Gasteiger partial charge in [0.2, 0.25) is 0 Å². The second kappa shape index (κ2) is 7.32. The number of hydrogen-bond donors (Lipinski definition) is 0. The lowest BCUT2D eigenvalue weighted by molar-refractivity contribution is -0.130. The van der Waals surface area contributed by atoms with Crippen LogP contribution >= 0.6 is 0 Å². The summed E-state index contributed by atoms with van der Waals surface area (Å²) in [4.78, 5) is 22.7. The van der Waals surface area contributed by atoms with Crippen molar-refractivity contribution in [1.82, 2.24) is 0 Å². The van der Waals surface area contributed by atoms with Crippen LogP contribution in [0.2, 0.25) is 18.1 Å². The Balaban J connectivity index is 4.55. The molecule has 0 radical (unpaired) electrons. The van der Waals surface area contributed by atoms with E-state index >= 15 is 0 Å². The molecular formula is C16H30O3Si. The second-order valence-corrected chi connectivity index (χ2v) is 11.8. The highest BCUT2D eigenvalue weighted by atomic mass is 28.4. The minimum atomic E-state index is -1.77. The van der Waals surface area contributed by atoms with Crippen LogP contribution in [0, 0.1) is 5.92 Å². The van der Waals surface area contributed by atoms with Gasteiger partial charge in [0.05, 0.1) is 12.0 Å². The standard InChI is InChI=1S/C16H30O3Si/c1-12(19-20(7,8)16(4,5)6)10-9-11-15(13(2)17)14(3)18/h9-10,12,15H,11H2,1-8H3/b10-9+/t12-/m0/s1. The van der Waals surface area contributed by atoms with Gasteiger partial charge in [-0.05, 0) is 45.3 Å². The van der Waals surface area contributed by atoms with Crippen LogP contribution in [0.5, 0.6) is 0 Å². The van der Waals surface area contributed by atoms with Gasteiger partial charge in [-0.25, -0.2) is 0 Å². The largest absolute Gasteiger partial charge is 0.411 e. The number of rotatable bonds is 7. The zero-order valence-electron chi connectivity index (χ0n) is 14.2. The highest BCUT2D eigenvalue weighted by molar-refractivity contribution is 6.74. The van der Waals surface area contributed by atoms with Crippen molar-refractivity contribution >= 4 is 19.9 Å². The monoisotopic (exact) mass is 298 g/mol. The molecule has 0 rings (SSSR count). The van der Waals surface area contributed by atoms with Crippen molar-refractivity contribution in [2.75, 3.05) is 0 Å². The fourth-order valence-corrected chi connectivity index (χ4v) is 3.07. The molecule has 0 aliphatic heterocycles. The number of Topliss-reactive ketones (excluding diaryl/α,β-unsaturated/α-hetero) is 2. The summed E-state index contributed by atoms with van der Waals surface area (Å²) in [5, 5.41) is 0.177. The summed E-state index contributed by atoms with van der Waals surface area (Å²) < 4.78 is 6.19. The minimum Gasteiger partial charge on any atom is -0.411 e. The Bertz CT molecular complexity index is 364. The number of carbonyl (C=O) groups excluding carboxylic acids is 2. The van der Waals surface area contributed by atoms with Gasteiger partial charge in [0.1, 0.15) is 11.6 Å². The summed E-state index contributed by atoms with van der Waals surface area (Å²) in [6.07, 6.45) is 4.33. The molecular weight excluding hydrogens is 268 g/mol. The summed E-state index contributed by atoms with van der Waals surface area (Å²) in [5.41, 5.74) is 0. The summed E-state index contributed by atoms with van der Waals surface area (Å²) in [5.74, 6) is -0.647. The number of allylic oxidation sites excluding steroid dienone is 1. The lowest BCUT2D eigenvalue weighted by Gasteiger charge is -2.37. The normalized spacial score (nSPS) is 14.8. The molecule has 0 amide bonds. The molecule has 0 N–H and O–H groups in total. The van der Waals surface area contributed by atoms with Crippen LogP contribution in [0.1, 0.15) is 48.0 Å². The van der Waals surface area contributed by atoms with E-state index < -0.39 is 14.2 Å². The van der Waals surface area contributed by atoms with Crippen LogP contribution in [0.4, 0.5) is 0 Å². The van der Waals surface area contributed by atoms with Crippen LogP contribution in [0.15, 0.2) is 12.2 Å². The molecule has 0 aliphatic rings. The van der Waals surface area contributed by atoms with E-state index in [-0.39, 0.29) is 22.7 Å². The Morgan fingerprint density at radius 1 is 1.15 bits per heavy atom. The number of hydrogen-bond acceptors (Lipinski definition) is 3. The van der Waals surface area contributed by atoms with Gasteiger partial charge in [-0.15, -0.1) is 0 Å². The Morgan fingerprint density at radius 2 is 1.60 bits per heavy atom. The Kier molecular flexibility index (Phi) is 7.05. The molecule has 0 aromatic carbocycles. The third kappa shape index (κ3) is 6.14. The summed E-state index contributed by atoms with van der Waals surface area (Å²) >= 11 is 0. The van der Waals surface area contributed by atoms with Crippen molar-refractivity contribution < 1.29 is 14.0 Å². The highest BCUT2D eigenvalue weighted by Gasteiger charge is 2.37. The fourth-order valence-electron chi connectivity index (χ4n) is 1.71. The average molecular weight is 298 g/mol. The second-order valence-electron chi connectivity index (χ2n) is 7.02. The highest BCUT2D eigenvalue weighted by Crippen LogP contribution is 2.37. The van der Waals surface area contributed by atoms with Crippen LogP contribution in [0.25, 0.3) is 0 Å². The lowest BCUT2D eigenvalue weighted by atomic mass is 9.97. The first kappa shape index (κ1) is 19.3. The Labute approximate surface area is 124 Å². The van der Waals surface area contributed by atoms with Crippen molar-refractivity contribution in [3.8, 4) is 0 Å². The van der Waals surface area contributed by atoms with Crippen molar-refractivity contribution in [2.45, 2.75) is 72.2 Å². The molecule has 0 heterocycles. The van der Waals surface area contributed by atoms with Crippen molar-refractivity contribution in [3.63, 3.8) is 0 Å². The molecule has 0 spiro atoms. The van der Waals surface area contributed by atoms with Crippen molar-refractivity contribution in [1.29, 1.82) is 0 Å². The van der Waals surface area contributed by atoms with E-state index in [4.69, 9.17) is 4.43 Å². The van der Waals surface area contributed by atoms with E-state index in [1.807, 2.05) is 19.1 Å². The third-order valence-corrected chi connectivity index (χ3v) is 8.62. The summed E-state index contributed by atoms with van der Waals surface area (Å²) in [6.45, 7) is 16.0. The molecule has 0 fully saturated rings. The Morgan fingerprint density at radius 3 is 1.95 bits per heavy atom. The summed E-state index contributed by atoms with van der Waals surface area (Å²) in [6, 6.07) is 0. The van der Waals surface area contributed by atoms with E-state index in [9.17, 15) is 9.59 Å². The van der Waals surface area contributed by atoms with E-state index in [0.29, 0.717) is 6.42 Å².